The van der Waals surface area contributed by atoms with Crippen molar-refractivity contribution in [3.05, 3.63) is 29.8 Å². The number of carbonyl (C=O) groups is 1. The fourth-order valence-corrected chi connectivity index (χ4v) is 3.53. The third kappa shape index (κ3) is 7.79. The van der Waals surface area contributed by atoms with Gasteiger partial charge in [0.1, 0.15) is 5.75 Å². The number of rotatable bonds is 9. The summed E-state index contributed by atoms with van der Waals surface area (Å²) < 4.78 is 43.0. The van der Waals surface area contributed by atoms with E-state index in [-0.39, 0.29) is 5.97 Å². The molecule has 0 radical (unpaired) electrons. The summed E-state index contributed by atoms with van der Waals surface area (Å²) in [6.07, 6.45) is 0.750. The number of benzene rings is 1. The lowest BCUT2D eigenvalue weighted by molar-refractivity contribution is 0.0600. The van der Waals surface area contributed by atoms with E-state index in [1.54, 1.807) is 45.6 Å². The molecule has 0 fully saturated rings. The van der Waals surface area contributed by atoms with Crippen molar-refractivity contribution in [2.24, 2.45) is 0 Å². The van der Waals surface area contributed by atoms with Gasteiger partial charge in [0.2, 0.25) is 0 Å². The molecular formula is C14H22O8Si2. The predicted octanol–water partition coefficient (Wildman–Crippen LogP) is 1.50. The second-order valence-corrected chi connectivity index (χ2v) is 7.60. The predicted molar refractivity (Wildman–Crippen MR) is 86.6 cm³/mol. The number of hydrogen-bond acceptors (Lipinski definition) is 8. The third-order valence-corrected chi connectivity index (χ3v) is 5.94. The monoisotopic (exact) mass is 374 g/mol. The Morgan fingerprint density at radius 3 is 1.92 bits per heavy atom. The van der Waals surface area contributed by atoms with Crippen LogP contribution in [-0.4, -0.2) is 59.1 Å². The molecule has 134 valence electrons. The topological polar surface area (TPSA) is 97.4 Å². The SMILES string of the molecule is COC(=O)c1ccc(OCCC[Si](OC)(OC)OC)cc1.O=[Si]=O. The van der Waals surface area contributed by atoms with Crippen molar-refractivity contribution in [3.63, 3.8) is 0 Å². The molecule has 0 bridgehead atoms. The summed E-state index contributed by atoms with van der Waals surface area (Å²) >= 11 is 0. The molecule has 0 N–H and O–H groups in total. The summed E-state index contributed by atoms with van der Waals surface area (Å²) in [5.74, 6) is 0.333. The minimum absolute atomic E-state index is 0.363. The lowest BCUT2D eigenvalue weighted by Crippen LogP contribution is -2.42. The van der Waals surface area contributed by atoms with Gasteiger partial charge in [-0.2, -0.15) is 0 Å². The Morgan fingerprint density at radius 2 is 1.50 bits per heavy atom. The standard InChI is InChI=1S/C14H22O6Si.O2Si/c1-16-14(15)12-6-8-13(9-7-12)20-10-5-11-21(17-2,18-3)19-4;1-3-2/h6-9H,5,10-11H2,1-4H3;. The van der Waals surface area contributed by atoms with E-state index < -0.39 is 18.1 Å². The van der Waals surface area contributed by atoms with Crippen LogP contribution in [-0.2, 0) is 26.9 Å². The quantitative estimate of drug-likeness (QED) is 0.364. The van der Waals surface area contributed by atoms with Crippen LogP contribution in [0.5, 0.6) is 5.75 Å². The van der Waals surface area contributed by atoms with Crippen LogP contribution in [0.3, 0.4) is 0 Å². The second-order valence-electron chi connectivity index (χ2n) is 4.35. The highest BCUT2D eigenvalue weighted by molar-refractivity contribution is 6.60. The van der Waals surface area contributed by atoms with E-state index in [0.717, 1.165) is 6.42 Å². The Hall–Kier alpha value is -1.60. The highest BCUT2D eigenvalue weighted by Gasteiger charge is 2.36. The second kappa shape index (κ2) is 12.8. The van der Waals surface area contributed by atoms with Gasteiger partial charge < -0.3 is 22.8 Å². The molecule has 1 rings (SSSR count). The van der Waals surface area contributed by atoms with Crippen LogP contribution in [0, 0.1) is 0 Å². The molecule has 0 amide bonds. The fraction of sp³-hybridized carbons (Fsp3) is 0.500. The van der Waals surface area contributed by atoms with Crippen molar-refractivity contribution < 1.29 is 36.5 Å². The molecule has 10 heteroatoms. The van der Waals surface area contributed by atoms with Crippen molar-refractivity contribution in [1.29, 1.82) is 0 Å². The number of hydrogen-bond donors (Lipinski definition) is 0. The highest BCUT2D eigenvalue weighted by Crippen LogP contribution is 2.17. The molecule has 24 heavy (non-hydrogen) atoms. The summed E-state index contributed by atoms with van der Waals surface area (Å²) in [4.78, 5) is 11.3. The summed E-state index contributed by atoms with van der Waals surface area (Å²) in [5, 5.41) is 0. The maximum atomic E-state index is 11.3. The first-order valence-corrected chi connectivity index (χ1v) is 9.73. The van der Waals surface area contributed by atoms with Crippen LogP contribution in [0.25, 0.3) is 0 Å². The average Bonchev–Trinajstić information content (AvgIpc) is 2.63. The molecule has 1 aromatic rings. The summed E-state index contributed by atoms with van der Waals surface area (Å²) in [6, 6.07) is 7.48. The molecule has 0 aliphatic rings. The Morgan fingerprint density at radius 1 is 1.00 bits per heavy atom. The molecule has 0 spiro atoms. The minimum atomic E-state index is -2.53. The Bertz CT molecular complexity index is 502. The zero-order valence-electron chi connectivity index (χ0n) is 14.2. The first-order valence-electron chi connectivity index (χ1n) is 6.98. The van der Waals surface area contributed by atoms with E-state index in [9.17, 15) is 4.79 Å². The van der Waals surface area contributed by atoms with E-state index in [1.807, 2.05) is 0 Å². The highest BCUT2D eigenvalue weighted by atomic mass is 28.4. The van der Waals surface area contributed by atoms with Crippen molar-refractivity contribution in [2.75, 3.05) is 35.0 Å². The summed E-state index contributed by atoms with van der Waals surface area (Å²) in [5.41, 5.74) is 0.495. The molecule has 8 nitrogen and oxygen atoms in total. The van der Waals surface area contributed by atoms with Crippen molar-refractivity contribution in [3.8, 4) is 5.75 Å². The van der Waals surface area contributed by atoms with Crippen LogP contribution in [0.15, 0.2) is 24.3 Å². The molecule has 0 saturated carbocycles. The molecule has 0 atom stereocenters. The largest absolute Gasteiger partial charge is 0.549 e. The molecule has 1 aromatic carbocycles. The van der Waals surface area contributed by atoms with Gasteiger partial charge in [0.25, 0.3) is 0 Å². The molecular weight excluding hydrogens is 352 g/mol. The first kappa shape index (κ1) is 22.4. The van der Waals surface area contributed by atoms with Gasteiger partial charge in [0.15, 0.2) is 0 Å². The van der Waals surface area contributed by atoms with Gasteiger partial charge in [-0.25, -0.2) is 4.79 Å². The maximum absolute atomic E-state index is 11.3. The van der Waals surface area contributed by atoms with E-state index in [0.29, 0.717) is 24.0 Å². The van der Waals surface area contributed by atoms with Gasteiger partial charge in [-0.05, 0) is 30.7 Å². The molecule has 0 unspecified atom stereocenters. The minimum Gasteiger partial charge on any atom is -0.494 e. The number of esters is 1. The van der Waals surface area contributed by atoms with Crippen LogP contribution >= 0.6 is 0 Å². The van der Waals surface area contributed by atoms with Gasteiger partial charge in [0, 0.05) is 27.4 Å². The molecule has 0 aliphatic carbocycles. The fourth-order valence-electron chi connectivity index (χ4n) is 1.84. The number of methoxy groups -OCH3 is 1. The molecule has 0 aliphatic heterocycles. The molecule has 0 aromatic heterocycles. The summed E-state index contributed by atoms with van der Waals surface area (Å²) in [6.45, 7) is 0.516. The normalized spacial score (nSPS) is 10.2. The zero-order chi connectivity index (χ0) is 18.4. The van der Waals surface area contributed by atoms with E-state index in [1.165, 1.54) is 7.11 Å². The van der Waals surface area contributed by atoms with Gasteiger partial charge in [-0.15, -0.1) is 0 Å². The van der Waals surface area contributed by atoms with Crippen LogP contribution < -0.4 is 4.74 Å². The van der Waals surface area contributed by atoms with Crippen LogP contribution in [0.4, 0.5) is 0 Å². The van der Waals surface area contributed by atoms with Crippen LogP contribution in [0.1, 0.15) is 16.8 Å². The zero-order valence-corrected chi connectivity index (χ0v) is 16.2. The first-order chi connectivity index (χ1) is 11.5. The van der Waals surface area contributed by atoms with Gasteiger partial charge in [-0.3, -0.25) is 8.92 Å². The van der Waals surface area contributed by atoms with Gasteiger partial charge in [-0.1, -0.05) is 0 Å². The maximum Gasteiger partial charge on any atom is 0.549 e. The van der Waals surface area contributed by atoms with Gasteiger partial charge in [0.05, 0.1) is 19.3 Å². The number of carbonyl (C=O) groups excluding carboxylic acids is 1. The summed E-state index contributed by atoms with van der Waals surface area (Å²) in [7, 11) is 2.18. The Labute approximate surface area is 144 Å². The van der Waals surface area contributed by atoms with Gasteiger partial charge >= 0.3 is 24.1 Å². The lowest BCUT2D eigenvalue weighted by atomic mass is 10.2. The average molecular weight is 374 g/mol. The molecule has 0 heterocycles. The van der Waals surface area contributed by atoms with Crippen molar-refractivity contribution >= 4 is 24.1 Å². The van der Waals surface area contributed by atoms with Crippen molar-refractivity contribution in [1.82, 2.24) is 0 Å². The third-order valence-electron chi connectivity index (χ3n) is 3.10. The Kier molecular flexibility index (Phi) is 11.9. The van der Waals surface area contributed by atoms with E-state index in [4.69, 9.17) is 26.9 Å². The van der Waals surface area contributed by atoms with E-state index >= 15 is 0 Å². The number of ether oxygens (including phenoxy) is 2. The molecule has 0 saturated heterocycles. The lowest BCUT2D eigenvalue weighted by Gasteiger charge is -2.24. The Balaban J connectivity index is 0.00000163. The van der Waals surface area contributed by atoms with Crippen molar-refractivity contribution in [2.45, 2.75) is 12.5 Å². The van der Waals surface area contributed by atoms with E-state index in [2.05, 4.69) is 4.74 Å². The smallest absolute Gasteiger partial charge is 0.494 e. The van der Waals surface area contributed by atoms with Crippen LogP contribution in [0.2, 0.25) is 6.04 Å².